The first kappa shape index (κ1) is 15.4. The monoisotopic (exact) mass is 280 g/mol. The van der Waals surface area contributed by atoms with Crippen molar-refractivity contribution in [1.82, 2.24) is 14.8 Å². The number of nitrogens with two attached hydrogens (primary N) is 1. The number of hydrogen-bond acceptors (Lipinski definition) is 4. The van der Waals surface area contributed by atoms with Crippen LogP contribution >= 0.6 is 0 Å². The average Bonchev–Trinajstić information content (AvgIpc) is 2.46. The minimum Gasteiger partial charge on any atom is -0.330 e. The van der Waals surface area contributed by atoms with Crippen LogP contribution in [0.1, 0.15) is 25.3 Å². The Kier molecular flexibility index (Phi) is 5.88. The highest BCUT2D eigenvalue weighted by atomic mass is 19.1. The van der Waals surface area contributed by atoms with Crippen LogP contribution in [0.2, 0.25) is 0 Å². The normalized spacial score (nSPS) is 19.1. The zero-order valence-electron chi connectivity index (χ0n) is 12.3. The second-order valence-corrected chi connectivity index (χ2v) is 5.46. The maximum absolute atomic E-state index is 13.1. The lowest BCUT2D eigenvalue weighted by Crippen LogP contribution is -2.50. The van der Waals surface area contributed by atoms with Crippen molar-refractivity contribution in [2.75, 3.05) is 32.7 Å². The summed E-state index contributed by atoms with van der Waals surface area (Å²) in [6.07, 6.45) is 5.23. The van der Waals surface area contributed by atoms with Crippen LogP contribution in [0.15, 0.2) is 18.5 Å². The van der Waals surface area contributed by atoms with Gasteiger partial charge in [-0.1, -0.05) is 6.92 Å². The molecule has 112 valence electrons. The number of piperazine rings is 1. The summed E-state index contributed by atoms with van der Waals surface area (Å²) in [6, 6.07) is 2.18. The van der Waals surface area contributed by atoms with E-state index < -0.39 is 0 Å². The molecule has 4 nitrogen and oxygen atoms in total. The fourth-order valence-corrected chi connectivity index (χ4v) is 2.92. The van der Waals surface area contributed by atoms with E-state index in [9.17, 15) is 4.39 Å². The van der Waals surface area contributed by atoms with Crippen LogP contribution in [-0.4, -0.2) is 53.5 Å². The van der Waals surface area contributed by atoms with E-state index in [1.54, 1.807) is 12.3 Å². The lowest BCUT2D eigenvalue weighted by Gasteiger charge is -2.39. The molecule has 2 N–H and O–H groups in total. The molecule has 0 amide bonds. The SMILES string of the molecule is CCC(CCN)N1CCN(Cc2cncc(F)c2)CC1. The highest BCUT2D eigenvalue weighted by Gasteiger charge is 2.22. The lowest BCUT2D eigenvalue weighted by molar-refractivity contribution is 0.0870. The van der Waals surface area contributed by atoms with Crippen molar-refractivity contribution in [1.29, 1.82) is 0 Å². The highest BCUT2D eigenvalue weighted by Crippen LogP contribution is 2.14. The number of pyridine rings is 1. The van der Waals surface area contributed by atoms with Crippen molar-refractivity contribution in [3.8, 4) is 0 Å². The van der Waals surface area contributed by atoms with Gasteiger partial charge in [0.15, 0.2) is 0 Å². The molecule has 1 atom stereocenters. The van der Waals surface area contributed by atoms with Gasteiger partial charge in [-0.2, -0.15) is 0 Å². The first-order valence-corrected chi connectivity index (χ1v) is 7.48. The summed E-state index contributed by atoms with van der Waals surface area (Å²) in [5.74, 6) is -0.255. The molecule has 1 aromatic heterocycles. The Bertz CT molecular complexity index is 405. The molecule has 5 heteroatoms. The Morgan fingerprint density at radius 1 is 1.30 bits per heavy atom. The van der Waals surface area contributed by atoms with Crippen LogP contribution in [0.25, 0.3) is 0 Å². The molecular formula is C15H25FN4. The van der Waals surface area contributed by atoms with Gasteiger partial charge in [-0.05, 0) is 31.0 Å². The van der Waals surface area contributed by atoms with Crippen LogP contribution in [-0.2, 0) is 6.54 Å². The standard InChI is InChI=1S/C15H25FN4/c1-2-15(3-4-17)20-7-5-19(6-8-20)12-13-9-14(16)11-18-10-13/h9-11,15H,2-8,12,17H2,1H3. The molecule has 0 aliphatic carbocycles. The van der Waals surface area contributed by atoms with E-state index in [-0.39, 0.29) is 5.82 Å². The van der Waals surface area contributed by atoms with Gasteiger partial charge in [-0.25, -0.2) is 4.39 Å². The van der Waals surface area contributed by atoms with Crippen molar-refractivity contribution in [3.63, 3.8) is 0 Å². The van der Waals surface area contributed by atoms with Gasteiger partial charge in [0.25, 0.3) is 0 Å². The lowest BCUT2D eigenvalue weighted by atomic mass is 10.1. The smallest absolute Gasteiger partial charge is 0.141 e. The van der Waals surface area contributed by atoms with Gasteiger partial charge in [0.05, 0.1) is 6.20 Å². The third-order valence-corrected chi connectivity index (χ3v) is 4.06. The molecule has 1 aliphatic rings. The summed E-state index contributed by atoms with van der Waals surface area (Å²) in [4.78, 5) is 8.80. The molecule has 1 saturated heterocycles. The summed E-state index contributed by atoms with van der Waals surface area (Å²) < 4.78 is 13.1. The van der Waals surface area contributed by atoms with E-state index in [2.05, 4.69) is 21.7 Å². The molecule has 2 rings (SSSR count). The zero-order valence-corrected chi connectivity index (χ0v) is 12.3. The predicted molar refractivity (Wildman–Crippen MR) is 78.8 cm³/mol. The summed E-state index contributed by atoms with van der Waals surface area (Å²) in [7, 11) is 0. The van der Waals surface area contributed by atoms with Crippen LogP contribution in [0, 0.1) is 5.82 Å². The molecule has 1 aromatic rings. The number of aromatic nitrogens is 1. The third-order valence-electron chi connectivity index (χ3n) is 4.06. The van der Waals surface area contributed by atoms with Crippen LogP contribution in [0.3, 0.4) is 0 Å². The summed E-state index contributed by atoms with van der Waals surface area (Å²) in [6.45, 7) is 7.96. The number of halogens is 1. The van der Waals surface area contributed by atoms with E-state index in [0.717, 1.165) is 57.7 Å². The van der Waals surface area contributed by atoms with Crippen molar-refractivity contribution in [2.45, 2.75) is 32.4 Å². The Morgan fingerprint density at radius 2 is 2.05 bits per heavy atom. The largest absolute Gasteiger partial charge is 0.330 e. The van der Waals surface area contributed by atoms with Crippen LogP contribution < -0.4 is 5.73 Å². The van der Waals surface area contributed by atoms with E-state index in [4.69, 9.17) is 5.73 Å². The van der Waals surface area contributed by atoms with Crippen molar-refractivity contribution < 1.29 is 4.39 Å². The zero-order chi connectivity index (χ0) is 14.4. The van der Waals surface area contributed by atoms with Gasteiger partial charge >= 0.3 is 0 Å². The molecule has 0 saturated carbocycles. The van der Waals surface area contributed by atoms with Crippen LogP contribution in [0.4, 0.5) is 4.39 Å². The van der Waals surface area contributed by atoms with Gasteiger partial charge in [0.1, 0.15) is 5.82 Å². The van der Waals surface area contributed by atoms with Crippen molar-refractivity contribution in [2.24, 2.45) is 5.73 Å². The summed E-state index contributed by atoms with van der Waals surface area (Å²) in [5.41, 5.74) is 6.63. The molecule has 0 aromatic carbocycles. The van der Waals surface area contributed by atoms with Gasteiger partial charge < -0.3 is 5.73 Å². The van der Waals surface area contributed by atoms with E-state index in [1.807, 2.05) is 0 Å². The number of rotatable bonds is 6. The molecule has 1 fully saturated rings. The van der Waals surface area contributed by atoms with Crippen LogP contribution in [0.5, 0.6) is 0 Å². The summed E-state index contributed by atoms with van der Waals surface area (Å²) in [5, 5.41) is 0. The first-order chi connectivity index (χ1) is 9.72. The Labute approximate surface area is 120 Å². The Hall–Kier alpha value is -1.04. The fraction of sp³-hybridized carbons (Fsp3) is 0.667. The summed E-state index contributed by atoms with van der Waals surface area (Å²) >= 11 is 0. The maximum atomic E-state index is 13.1. The van der Waals surface area contributed by atoms with Gasteiger partial charge in [-0.15, -0.1) is 0 Å². The van der Waals surface area contributed by atoms with Gasteiger partial charge in [0.2, 0.25) is 0 Å². The highest BCUT2D eigenvalue weighted by molar-refractivity contribution is 5.10. The third kappa shape index (κ3) is 4.23. The molecule has 20 heavy (non-hydrogen) atoms. The second-order valence-electron chi connectivity index (χ2n) is 5.46. The number of hydrogen-bond donors (Lipinski definition) is 1. The first-order valence-electron chi connectivity index (χ1n) is 7.48. The molecule has 1 aliphatic heterocycles. The quantitative estimate of drug-likeness (QED) is 0.857. The molecule has 2 heterocycles. The van der Waals surface area contributed by atoms with Gasteiger partial charge in [0, 0.05) is 45.0 Å². The minimum absolute atomic E-state index is 0.255. The fourth-order valence-electron chi connectivity index (χ4n) is 2.92. The second kappa shape index (κ2) is 7.67. The van der Waals surface area contributed by atoms with E-state index in [1.165, 1.54) is 6.20 Å². The topological polar surface area (TPSA) is 45.4 Å². The molecule has 0 spiro atoms. The van der Waals surface area contributed by atoms with E-state index >= 15 is 0 Å². The van der Waals surface area contributed by atoms with Crippen molar-refractivity contribution >= 4 is 0 Å². The molecule has 0 bridgehead atoms. The van der Waals surface area contributed by atoms with Crippen molar-refractivity contribution in [3.05, 3.63) is 29.8 Å². The molecular weight excluding hydrogens is 255 g/mol. The Morgan fingerprint density at radius 3 is 2.65 bits per heavy atom. The molecule has 1 unspecified atom stereocenters. The molecule has 0 radical (unpaired) electrons. The maximum Gasteiger partial charge on any atom is 0.141 e. The van der Waals surface area contributed by atoms with E-state index in [0.29, 0.717) is 6.04 Å². The number of nitrogens with zero attached hydrogens (tertiary/aromatic N) is 3. The minimum atomic E-state index is -0.255. The Balaban J connectivity index is 1.82. The predicted octanol–water partition coefficient (Wildman–Crippen LogP) is 1.47. The average molecular weight is 280 g/mol. The van der Waals surface area contributed by atoms with Gasteiger partial charge in [-0.3, -0.25) is 14.8 Å².